The van der Waals surface area contributed by atoms with E-state index in [4.69, 9.17) is 34.8 Å². The molecule has 0 heterocycles. The smallest absolute Gasteiger partial charge is 0.366 e. The van der Waals surface area contributed by atoms with Crippen LogP contribution in [-0.4, -0.2) is 15.7 Å². The molecule has 0 saturated heterocycles. The second-order valence-electron chi connectivity index (χ2n) is 2.80. The Bertz CT molecular complexity index is 473. The Kier molecular flexibility index (Phi) is 4.77. The maximum absolute atomic E-state index is 12.9. The zero-order chi connectivity index (χ0) is 13.2. The highest BCUT2D eigenvalue weighted by Crippen LogP contribution is 2.28. The summed E-state index contributed by atoms with van der Waals surface area (Å²) in [5, 5.41) is 0. The fourth-order valence-corrected chi connectivity index (χ4v) is 1.32. The van der Waals surface area contributed by atoms with E-state index >= 15 is 0 Å². The van der Waals surface area contributed by atoms with E-state index in [1.165, 1.54) is 0 Å². The summed E-state index contributed by atoms with van der Waals surface area (Å²) in [7, 11) is 0. The molecular weight excluding hydrogens is 361 g/mol. The summed E-state index contributed by atoms with van der Waals surface area (Å²) >= 11 is 18.5. The fraction of sp³-hybridized carbons (Fsp3) is 0.111. The number of carbonyl (C=O) groups is 2. The van der Waals surface area contributed by atoms with E-state index in [0.717, 1.165) is 18.2 Å². The minimum absolute atomic E-state index is 0.0493. The van der Waals surface area contributed by atoms with E-state index in [2.05, 4.69) is 20.7 Å². The summed E-state index contributed by atoms with van der Waals surface area (Å²) in [5.41, 5.74) is -0.0547. The maximum atomic E-state index is 12.9. The van der Waals surface area contributed by atoms with Gasteiger partial charge < -0.3 is 4.74 Å². The van der Waals surface area contributed by atoms with Gasteiger partial charge in [0.2, 0.25) is 0 Å². The SMILES string of the molecule is O=C(OC(=O)C(Cl)(Cl)Cl)c1ccc(F)c(Br)c1. The number of alkyl halides is 3. The van der Waals surface area contributed by atoms with Crippen molar-refractivity contribution in [3.63, 3.8) is 0 Å². The first-order valence-corrected chi connectivity index (χ1v) is 5.93. The van der Waals surface area contributed by atoms with Gasteiger partial charge in [-0.3, -0.25) is 0 Å². The monoisotopic (exact) mass is 362 g/mol. The zero-order valence-electron chi connectivity index (χ0n) is 7.85. The standard InChI is InChI=1S/C9H3BrCl3FO3/c10-5-3-4(1-2-6(5)14)7(15)17-8(16)9(11,12)13/h1-3H. The molecule has 0 aliphatic heterocycles. The lowest BCUT2D eigenvalue weighted by atomic mass is 10.2. The van der Waals surface area contributed by atoms with Crippen molar-refractivity contribution in [2.45, 2.75) is 3.79 Å². The van der Waals surface area contributed by atoms with E-state index in [0.29, 0.717) is 0 Å². The molecule has 0 radical (unpaired) electrons. The Labute approximate surface area is 119 Å². The van der Waals surface area contributed by atoms with Gasteiger partial charge in [-0.1, -0.05) is 34.8 Å². The van der Waals surface area contributed by atoms with E-state index in [-0.39, 0.29) is 10.0 Å². The van der Waals surface area contributed by atoms with E-state index in [9.17, 15) is 14.0 Å². The summed E-state index contributed by atoms with van der Waals surface area (Å²) in [6.07, 6.45) is 0. The molecule has 0 atom stereocenters. The molecule has 0 spiro atoms. The Hall–Kier alpha value is -0.360. The van der Waals surface area contributed by atoms with Gasteiger partial charge in [0, 0.05) is 0 Å². The lowest BCUT2D eigenvalue weighted by Crippen LogP contribution is -2.25. The Morgan fingerprint density at radius 1 is 1.29 bits per heavy atom. The van der Waals surface area contributed by atoms with Crippen LogP contribution in [0.4, 0.5) is 4.39 Å². The third-order valence-corrected chi connectivity index (χ3v) is 2.64. The third kappa shape index (κ3) is 4.10. The summed E-state index contributed by atoms with van der Waals surface area (Å²) in [5.74, 6) is -2.93. The van der Waals surface area contributed by atoms with Crippen LogP contribution in [0.25, 0.3) is 0 Å². The average molecular weight is 364 g/mol. The predicted octanol–water partition coefficient (Wildman–Crippen LogP) is 3.64. The van der Waals surface area contributed by atoms with Crippen molar-refractivity contribution in [3.05, 3.63) is 34.1 Å². The van der Waals surface area contributed by atoms with Crippen molar-refractivity contribution >= 4 is 62.7 Å². The van der Waals surface area contributed by atoms with Crippen molar-refractivity contribution < 1.29 is 18.7 Å². The van der Waals surface area contributed by atoms with Gasteiger partial charge >= 0.3 is 11.9 Å². The molecule has 0 aromatic heterocycles. The van der Waals surface area contributed by atoms with Gasteiger partial charge in [-0.05, 0) is 34.1 Å². The number of benzene rings is 1. The molecule has 0 aliphatic rings. The van der Waals surface area contributed by atoms with Crippen molar-refractivity contribution in [2.24, 2.45) is 0 Å². The quantitative estimate of drug-likeness (QED) is 0.434. The molecular formula is C9H3BrCl3FO3. The van der Waals surface area contributed by atoms with Gasteiger partial charge in [-0.25, -0.2) is 14.0 Å². The lowest BCUT2D eigenvalue weighted by molar-refractivity contribution is -0.136. The topological polar surface area (TPSA) is 43.4 Å². The van der Waals surface area contributed by atoms with Gasteiger partial charge in [-0.2, -0.15) is 0 Å². The average Bonchev–Trinajstić information content (AvgIpc) is 2.20. The number of rotatable bonds is 1. The highest BCUT2D eigenvalue weighted by molar-refractivity contribution is 9.10. The molecule has 0 fully saturated rings. The molecule has 0 unspecified atom stereocenters. The number of hydrogen-bond donors (Lipinski definition) is 0. The van der Waals surface area contributed by atoms with E-state index in [1.54, 1.807) is 0 Å². The Morgan fingerprint density at radius 2 is 1.88 bits per heavy atom. The molecule has 92 valence electrons. The highest BCUT2D eigenvalue weighted by atomic mass is 79.9. The molecule has 17 heavy (non-hydrogen) atoms. The zero-order valence-corrected chi connectivity index (χ0v) is 11.7. The molecule has 3 nitrogen and oxygen atoms in total. The predicted molar refractivity (Wildman–Crippen MR) is 64.8 cm³/mol. The first-order valence-electron chi connectivity index (χ1n) is 4.00. The largest absolute Gasteiger partial charge is 0.386 e. The third-order valence-electron chi connectivity index (χ3n) is 1.57. The lowest BCUT2D eigenvalue weighted by Gasteiger charge is -2.09. The van der Waals surface area contributed by atoms with Gasteiger partial charge in [0.15, 0.2) is 0 Å². The normalized spacial score (nSPS) is 11.1. The number of hydrogen-bond acceptors (Lipinski definition) is 3. The summed E-state index contributed by atoms with van der Waals surface area (Å²) in [6.45, 7) is 0. The Morgan fingerprint density at radius 3 is 2.35 bits per heavy atom. The van der Waals surface area contributed by atoms with Crippen LogP contribution >= 0.6 is 50.7 Å². The molecule has 1 aromatic rings. The number of halogens is 5. The van der Waals surface area contributed by atoms with Gasteiger partial charge in [0.25, 0.3) is 3.79 Å². The molecule has 0 saturated carbocycles. The molecule has 0 bridgehead atoms. The van der Waals surface area contributed by atoms with Crippen LogP contribution < -0.4 is 0 Å². The Balaban J connectivity index is 2.84. The number of carbonyl (C=O) groups excluding carboxylic acids is 2. The molecule has 1 rings (SSSR count). The molecule has 0 N–H and O–H groups in total. The van der Waals surface area contributed by atoms with Crippen molar-refractivity contribution in [1.82, 2.24) is 0 Å². The number of esters is 2. The molecule has 0 aliphatic carbocycles. The van der Waals surface area contributed by atoms with Gasteiger partial charge in [-0.15, -0.1) is 0 Å². The van der Waals surface area contributed by atoms with Crippen molar-refractivity contribution in [3.8, 4) is 0 Å². The first-order chi connectivity index (χ1) is 7.71. The van der Waals surface area contributed by atoms with Crippen LogP contribution in [0, 0.1) is 5.82 Å². The number of ether oxygens (including phenoxy) is 1. The van der Waals surface area contributed by atoms with Crippen LogP contribution in [-0.2, 0) is 9.53 Å². The van der Waals surface area contributed by atoms with E-state index in [1.807, 2.05) is 0 Å². The van der Waals surface area contributed by atoms with E-state index < -0.39 is 21.5 Å². The summed E-state index contributed by atoms with van der Waals surface area (Å²) in [4.78, 5) is 22.5. The maximum Gasteiger partial charge on any atom is 0.366 e. The second-order valence-corrected chi connectivity index (χ2v) is 5.94. The highest BCUT2D eigenvalue weighted by Gasteiger charge is 2.34. The first kappa shape index (κ1) is 14.7. The van der Waals surface area contributed by atoms with Crippen LogP contribution in [0.3, 0.4) is 0 Å². The molecule has 1 aromatic carbocycles. The van der Waals surface area contributed by atoms with Crippen LogP contribution in [0.5, 0.6) is 0 Å². The van der Waals surface area contributed by atoms with Crippen molar-refractivity contribution in [2.75, 3.05) is 0 Å². The molecule has 8 heteroatoms. The van der Waals surface area contributed by atoms with Crippen LogP contribution in [0.2, 0.25) is 0 Å². The summed E-state index contributed by atoms with van der Waals surface area (Å²) in [6, 6.07) is 3.30. The molecule has 0 amide bonds. The summed E-state index contributed by atoms with van der Waals surface area (Å²) < 4.78 is 14.9. The van der Waals surface area contributed by atoms with Crippen molar-refractivity contribution in [1.29, 1.82) is 0 Å². The second kappa shape index (κ2) is 5.52. The van der Waals surface area contributed by atoms with Gasteiger partial charge in [0.05, 0.1) is 10.0 Å². The van der Waals surface area contributed by atoms with Crippen LogP contribution in [0.1, 0.15) is 10.4 Å². The minimum Gasteiger partial charge on any atom is -0.386 e. The van der Waals surface area contributed by atoms with Crippen LogP contribution in [0.15, 0.2) is 22.7 Å². The fourth-order valence-electron chi connectivity index (χ4n) is 0.824. The van der Waals surface area contributed by atoms with Gasteiger partial charge in [0.1, 0.15) is 5.82 Å². The minimum atomic E-state index is -2.34.